The summed E-state index contributed by atoms with van der Waals surface area (Å²) >= 11 is 6.11. The second-order valence-electron chi connectivity index (χ2n) is 3.38. The number of amides is 1. The summed E-state index contributed by atoms with van der Waals surface area (Å²) in [6.07, 6.45) is 0.195. The number of benzene rings is 1. The second kappa shape index (κ2) is 4.76. The fourth-order valence-electron chi connectivity index (χ4n) is 1.44. The summed E-state index contributed by atoms with van der Waals surface area (Å²) in [7, 11) is 0. The summed E-state index contributed by atoms with van der Waals surface area (Å²) in [6, 6.07) is 8.96. The Hall–Kier alpha value is -1.20. The Morgan fingerprint density at radius 2 is 2.06 bits per heavy atom. The Labute approximate surface area is 103 Å². The first kappa shape index (κ1) is 11.3. The highest BCUT2D eigenvalue weighted by molar-refractivity contribution is 8.24. The number of thioether (sulfide) groups is 1. The number of ketones is 1. The normalized spacial score (nSPS) is 19.6. The van der Waals surface area contributed by atoms with Crippen LogP contribution in [0, 0.1) is 0 Å². The number of Topliss-reactive ketones (excluding diaryl/α,β-unsaturated/α-hetero) is 1. The van der Waals surface area contributed by atoms with E-state index in [4.69, 9.17) is 12.2 Å². The maximum atomic E-state index is 11.8. The molecule has 2 rings (SSSR count). The molecule has 1 amide bonds. The van der Waals surface area contributed by atoms with E-state index in [1.165, 1.54) is 11.8 Å². The van der Waals surface area contributed by atoms with Crippen LogP contribution >= 0.6 is 24.0 Å². The van der Waals surface area contributed by atoms with Crippen molar-refractivity contribution in [2.24, 2.45) is 0 Å². The van der Waals surface area contributed by atoms with Gasteiger partial charge in [-0.15, -0.1) is 0 Å². The van der Waals surface area contributed by atoms with E-state index in [2.05, 4.69) is 5.32 Å². The topological polar surface area (TPSA) is 46.2 Å². The fraction of sp³-hybridized carbons (Fsp3) is 0.182. The van der Waals surface area contributed by atoms with Crippen molar-refractivity contribution in [3.05, 3.63) is 35.9 Å². The standard InChI is InChI=1S/C11H9NO2S2/c13-8(7-4-2-1-3-5-7)6-9-10(14)12-11(15)16-9/h1-5,9H,6H2,(H,12,14,15). The monoisotopic (exact) mass is 251 g/mol. The van der Waals surface area contributed by atoms with Gasteiger partial charge in [0.05, 0.1) is 5.25 Å². The number of carbonyl (C=O) groups is 2. The summed E-state index contributed by atoms with van der Waals surface area (Å²) < 4.78 is 0.455. The van der Waals surface area contributed by atoms with E-state index < -0.39 is 0 Å². The first-order chi connectivity index (χ1) is 7.66. The molecule has 1 aromatic carbocycles. The van der Waals surface area contributed by atoms with Crippen LogP contribution in [0.25, 0.3) is 0 Å². The molecule has 16 heavy (non-hydrogen) atoms. The van der Waals surface area contributed by atoms with Gasteiger partial charge in [0, 0.05) is 12.0 Å². The molecule has 0 bridgehead atoms. The molecule has 1 aliphatic rings. The summed E-state index contributed by atoms with van der Waals surface area (Å²) in [5, 5.41) is 2.15. The minimum absolute atomic E-state index is 0.0297. The molecule has 82 valence electrons. The number of rotatable bonds is 3. The third kappa shape index (κ3) is 2.48. The van der Waals surface area contributed by atoms with Gasteiger partial charge in [-0.2, -0.15) is 0 Å². The molecular formula is C11H9NO2S2. The predicted octanol–water partition coefficient (Wildman–Crippen LogP) is 1.78. The number of hydrogen-bond acceptors (Lipinski definition) is 4. The summed E-state index contributed by atoms with van der Waals surface area (Å²) in [5.41, 5.74) is 0.633. The fourth-order valence-corrected chi connectivity index (χ4v) is 2.71. The van der Waals surface area contributed by atoms with Gasteiger partial charge in [-0.25, -0.2) is 0 Å². The van der Waals surface area contributed by atoms with Gasteiger partial charge < -0.3 is 5.32 Å². The number of hydrogen-bond donors (Lipinski definition) is 1. The lowest BCUT2D eigenvalue weighted by Crippen LogP contribution is -2.25. The maximum absolute atomic E-state index is 11.8. The van der Waals surface area contributed by atoms with Gasteiger partial charge in [0.25, 0.3) is 0 Å². The van der Waals surface area contributed by atoms with E-state index >= 15 is 0 Å². The lowest BCUT2D eigenvalue weighted by molar-refractivity contribution is -0.118. The van der Waals surface area contributed by atoms with Gasteiger partial charge in [0.1, 0.15) is 4.32 Å². The van der Waals surface area contributed by atoms with Crippen molar-refractivity contribution in [1.82, 2.24) is 5.32 Å². The Kier molecular flexibility index (Phi) is 3.36. The molecule has 1 fully saturated rings. The molecule has 1 aliphatic heterocycles. The van der Waals surface area contributed by atoms with Crippen LogP contribution in [0.5, 0.6) is 0 Å². The van der Waals surface area contributed by atoms with Crippen LogP contribution in [0.3, 0.4) is 0 Å². The molecule has 1 unspecified atom stereocenters. The van der Waals surface area contributed by atoms with Gasteiger partial charge in [0.2, 0.25) is 5.91 Å². The zero-order valence-corrected chi connectivity index (χ0v) is 9.94. The highest BCUT2D eigenvalue weighted by Crippen LogP contribution is 2.23. The lowest BCUT2D eigenvalue weighted by atomic mass is 10.1. The SMILES string of the molecule is O=C(CC1SC(=S)NC1=O)c1ccccc1. The third-order valence-electron chi connectivity index (χ3n) is 2.23. The quantitative estimate of drug-likeness (QED) is 0.657. The van der Waals surface area contributed by atoms with Gasteiger partial charge >= 0.3 is 0 Å². The highest BCUT2D eigenvalue weighted by Gasteiger charge is 2.30. The molecule has 1 atom stereocenters. The van der Waals surface area contributed by atoms with E-state index in [1.54, 1.807) is 24.3 Å². The average molecular weight is 251 g/mol. The highest BCUT2D eigenvalue weighted by atomic mass is 32.2. The molecule has 0 spiro atoms. The average Bonchev–Trinajstić information content (AvgIpc) is 2.59. The molecule has 1 aromatic rings. The Morgan fingerprint density at radius 1 is 1.38 bits per heavy atom. The van der Waals surface area contributed by atoms with Gasteiger partial charge in [-0.3, -0.25) is 9.59 Å². The number of nitrogens with one attached hydrogen (secondary N) is 1. The van der Waals surface area contributed by atoms with Crippen molar-refractivity contribution in [2.75, 3.05) is 0 Å². The zero-order valence-electron chi connectivity index (χ0n) is 8.30. The van der Waals surface area contributed by atoms with E-state index in [0.717, 1.165) is 0 Å². The predicted molar refractivity (Wildman–Crippen MR) is 67.5 cm³/mol. The Morgan fingerprint density at radius 3 is 2.62 bits per heavy atom. The zero-order chi connectivity index (χ0) is 11.5. The summed E-state index contributed by atoms with van der Waals surface area (Å²) in [6.45, 7) is 0. The molecule has 0 saturated carbocycles. The third-order valence-corrected chi connectivity index (χ3v) is 3.61. The first-order valence-corrected chi connectivity index (χ1v) is 6.05. The molecule has 1 heterocycles. The minimum Gasteiger partial charge on any atom is -0.311 e. The van der Waals surface area contributed by atoms with Crippen molar-refractivity contribution in [2.45, 2.75) is 11.7 Å². The van der Waals surface area contributed by atoms with Crippen LogP contribution < -0.4 is 5.32 Å². The van der Waals surface area contributed by atoms with Crippen molar-refractivity contribution in [3.63, 3.8) is 0 Å². The van der Waals surface area contributed by atoms with E-state index in [0.29, 0.717) is 9.88 Å². The van der Waals surface area contributed by atoms with Crippen LogP contribution in [0.15, 0.2) is 30.3 Å². The van der Waals surface area contributed by atoms with Crippen LogP contribution in [-0.2, 0) is 4.79 Å². The molecule has 1 N–H and O–H groups in total. The molecule has 5 heteroatoms. The minimum atomic E-state index is -0.375. The lowest BCUT2D eigenvalue weighted by Gasteiger charge is -2.04. The number of thiocarbonyl (C=S) groups is 1. The van der Waals surface area contributed by atoms with E-state index in [9.17, 15) is 9.59 Å². The molecule has 0 aliphatic carbocycles. The summed E-state index contributed by atoms with van der Waals surface area (Å²) in [4.78, 5) is 23.2. The van der Waals surface area contributed by atoms with Crippen molar-refractivity contribution < 1.29 is 9.59 Å². The molecule has 3 nitrogen and oxygen atoms in total. The van der Waals surface area contributed by atoms with E-state index in [-0.39, 0.29) is 23.4 Å². The van der Waals surface area contributed by atoms with Gasteiger partial charge in [-0.1, -0.05) is 54.3 Å². The maximum Gasteiger partial charge on any atom is 0.239 e. The van der Waals surface area contributed by atoms with Crippen LogP contribution in [0.1, 0.15) is 16.8 Å². The first-order valence-electron chi connectivity index (χ1n) is 4.76. The van der Waals surface area contributed by atoms with Gasteiger partial charge in [-0.05, 0) is 0 Å². The van der Waals surface area contributed by atoms with Crippen molar-refractivity contribution in [1.29, 1.82) is 0 Å². The Bertz CT molecular complexity index is 445. The molecule has 0 aromatic heterocycles. The van der Waals surface area contributed by atoms with Crippen LogP contribution in [-0.4, -0.2) is 21.3 Å². The van der Waals surface area contributed by atoms with Crippen molar-refractivity contribution in [3.8, 4) is 0 Å². The molecular weight excluding hydrogens is 242 g/mol. The van der Waals surface area contributed by atoms with Gasteiger partial charge in [0.15, 0.2) is 5.78 Å². The smallest absolute Gasteiger partial charge is 0.239 e. The molecule has 0 radical (unpaired) electrons. The van der Waals surface area contributed by atoms with Crippen molar-refractivity contribution >= 4 is 40.0 Å². The number of carbonyl (C=O) groups excluding carboxylic acids is 2. The molecule has 1 saturated heterocycles. The second-order valence-corrected chi connectivity index (χ2v) is 5.26. The van der Waals surface area contributed by atoms with E-state index in [1.807, 2.05) is 6.07 Å². The van der Waals surface area contributed by atoms with Crippen LogP contribution in [0.4, 0.5) is 0 Å². The summed E-state index contributed by atoms with van der Waals surface area (Å²) in [5.74, 6) is -0.197. The largest absolute Gasteiger partial charge is 0.311 e. The van der Waals surface area contributed by atoms with Crippen LogP contribution in [0.2, 0.25) is 0 Å². The Balaban J connectivity index is 2.03.